The number of likely N-dealkylation sites (N-methyl/N-ethyl adjacent to an activating group) is 1. The molecule has 2 amide bonds. The number of carbonyl (C=O) groups excluding carboxylic acids is 2. The average Bonchev–Trinajstić information content (AvgIpc) is 3.27. The summed E-state index contributed by atoms with van der Waals surface area (Å²) in [6, 6.07) is 15.2. The maximum absolute atomic E-state index is 14.0. The minimum atomic E-state index is -0.640. The zero-order valence-corrected chi connectivity index (χ0v) is 24.8. The molecule has 3 rings (SSSR count). The number of nitrogens with one attached hydrogen (secondary N) is 2. The highest BCUT2D eigenvalue weighted by molar-refractivity contribution is 8.02. The Morgan fingerprint density at radius 3 is 2.73 bits per heavy atom. The van der Waals surface area contributed by atoms with Crippen molar-refractivity contribution in [3.05, 3.63) is 52.9 Å². The maximum Gasteiger partial charge on any atom is 0.245 e. The van der Waals surface area contributed by atoms with Gasteiger partial charge >= 0.3 is 0 Å². The normalized spacial score (nSPS) is 17.9. The summed E-state index contributed by atoms with van der Waals surface area (Å²) in [6.07, 6.45) is 6.72. The molecule has 1 aliphatic heterocycles. The van der Waals surface area contributed by atoms with Crippen LogP contribution in [0.3, 0.4) is 0 Å². The summed E-state index contributed by atoms with van der Waals surface area (Å²) >= 11 is 1.35. The summed E-state index contributed by atoms with van der Waals surface area (Å²) in [5, 5.41) is 18.0. The fourth-order valence-corrected chi connectivity index (χ4v) is 5.37. The van der Waals surface area contributed by atoms with Crippen molar-refractivity contribution in [2.75, 3.05) is 39.6 Å². The number of aliphatic imine (C=N–C) groups is 1. The summed E-state index contributed by atoms with van der Waals surface area (Å²) in [4.78, 5) is 33.9. The molecule has 8 nitrogen and oxygen atoms in total. The number of ether oxygens (including phenoxy) is 1. The van der Waals surface area contributed by atoms with Crippen LogP contribution in [0.25, 0.3) is 16.5 Å². The van der Waals surface area contributed by atoms with Gasteiger partial charge in [0.15, 0.2) is 0 Å². The highest BCUT2D eigenvalue weighted by Crippen LogP contribution is 2.31. The van der Waals surface area contributed by atoms with Crippen LogP contribution in [0.4, 0.5) is 0 Å². The van der Waals surface area contributed by atoms with Gasteiger partial charge < -0.3 is 20.3 Å². The van der Waals surface area contributed by atoms with Crippen LogP contribution in [0, 0.1) is 17.2 Å². The summed E-state index contributed by atoms with van der Waals surface area (Å²) in [7, 11) is 1.73. The van der Waals surface area contributed by atoms with Gasteiger partial charge in [-0.1, -0.05) is 49.4 Å². The molecule has 0 spiro atoms. The molecular formula is C31H41N5O3S. The van der Waals surface area contributed by atoms with Crippen LogP contribution >= 0.6 is 11.8 Å². The van der Waals surface area contributed by atoms with Crippen molar-refractivity contribution in [1.82, 2.24) is 15.5 Å². The fraction of sp³-hybridized carbons (Fsp3) is 0.484. The minimum Gasteiger partial charge on any atom is -0.381 e. The fourth-order valence-electron chi connectivity index (χ4n) is 4.92. The predicted octanol–water partition coefficient (Wildman–Crippen LogP) is 4.61. The van der Waals surface area contributed by atoms with Crippen LogP contribution in [0.5, 0.6) is 0 Å². The Kier molecular flexibility index (Phi) is 12.7. The van der Waals surface area contributed by atoms with Crippen LogP contribution in [0.15, 0.2) is 52.4 Å². The lowest BCUT2D eigenvalue weighted by Crippen LogP contribution is -2.56. The molecule has 2 aromatic carbocycles. The molecule has 0 aliphatic carbocycles. The van der Waals surface area contributed by atoms with Crippen LogP contribution < -0.4 is 10.6 Å². The minimum absolute atomic E-state index is 0.00729. The Balaban J connectivity index is 1.91. The Morgan fingerprint density at radius 2 is 2.00 bits per heavy atom. The van der Waals surface area contributed by atoms with Gasteiger partial charge in [0.1, 0.15) is 17.0 Å². The predicted molar refractivity (Wildman–Crippen MR) is 164 cm³/mol. The van der Waals surface area contributed by atoms with E-state index < -0.39 is 12.1 Å². The molecule has 40 heavy (non-hydrogen) atoms. The average molecular weight is 564 g/mol. The first-order chi connectivity index (χ1) is 19.4. The molecular weight excluding hydrogens is 522 g/mol. The van der Waals surface area contributed by atoms with E-state index >= 15 is 0 Å². The number of thioether (sulfide) groups is 1. The number of nitrogens with zero attached hydrogens (tertiary/aromatic N) is 3. The lowest BCUT2D eigenvalue weighted by molar-refractivity contribution is -0.138. The molecule has 1 aliphatic rings. The molecule has 2 unspecified atom stereocenters. The second kappa shape index (κ2) is 16.2. The van der Waals surface area contributed by atoms with Crippen molar-refractivity contribution >= 4 is 46.3 Å². The second-order valence-corrected chi connectivity index (χ2v) is 10.7. The van der Waals surface area contributed by atoms with Crippen molar-refractivity contribution in [3.8, 4) is 6.07 Å². The number of hydrogen-bond acceptors (Lipinski definition) is 7. The first kappa shape index (κ1) is 31.3. The van der Waals surface area contributed by atoms with E-state index in [4.69, 9.17) is 9.73 Å². The molecule has 2 N–H and O–H groups in total. The summed E-state index contributed by atoms with van der Waals surface area (Å²) < 4.78 is 5.64. The van der Waals surface area contributed by atoms with Gasteiger partial charge in [-0.3, -0.25) is 14.6 Å². The van der Waals surface area contributed by atoms with Crippen LogP contribution in [0.2, 0.25) is 0 Å². The van der Waals surface area contributed by atoms with E-state index in [1.165, 1.54) is 11.8 Å². The first-order valence-electron chi connectivity index (χ1n) is 14.0. The van der Waals surface area contributed by atoms with Crippen molar-refractivity contribution in [3.63, 3.8) is 0 Å². The molecule has 3 atom stereocenters. The molecule has 1 fully saturated rings. The molecule has 2 aromatic rings. The van der Waals surface area contributed by atoms with E-state index in [9.17, 15) is 14.9 Å². The number of benzene rings is 2. The SMILES string of the molecule is CCCN(CC=N/C(=C(/C#N)SC)c1cccc2ccccc12)C(=O)C(NC(=O)[C@H](C)NC)C1CCCOCC1. The smallest absolute Gasteiger partial charge is 0.245 e. The molecule has 214 valence electrons. The number of nitriles is 1. The van der Waals surface area contributed by atoms with Crippen molar-refractivity contribution in [2.24, 2.45) is 10.9 Å². The quantitative estimate of drug-likeness (QED) is 0.288. The van der Waals surface area contributed by atoms with E-state index in [0.29, 0.717) is 36.8 Å². The number of fused-ring (bicyclic) bond motifs is 1. The van der Waals surface area contributed by atoms with E-state index in [1.54, 1.807) is 25.1 Å². The van der Waals surface area contributed by atoms with Gasteiger partial charge in [-0.25, -0.2) is 0 Å². The summed E-state index contributed by atoms with van der Waals surface area (Å²) in [5.41, 5.74) is 1.46. The third-order valence-corrected chi connectivity index (χ3v) is 7.94. The monoisotopic (exact) mass is 563 g/mol. The van der Waals surface area contributed by atoms with Gasteiger partial charge in [0.05, 0.1) is 18.3 Å². The topological polar surface area (TPSA) is 107 Å². The van der Waals surface area contributed by atoms with Crippen molar-refractivity contribution in [2.45, 2.75) is 51.6 Å². The van der Waals surface area contributed by atoms with E-state index in [-0.39, 0.29) is 24.3 Å². The first-order valence-corrected chi connectivity index (χ1v) is 15.2. The molecule has 0 aromatic heterocycles. The van der Waals surface area contributed by atoms with Gasteiger partial charge in [-0.15, -0.1) is 11.8 Å². The molecule has 0 radical (unpaired) electrons. The Labute approximate surface area is 242 Å². The van der Waals surface area contributed by atoms with Gasteiger partial charge in [-0.2, -0.15) is 5.26 Å². The van der Waals surface area contributed by atoms with Crippen molar-refractivity contribution < 1.29 is 14.3 Å². The lowest BCUT2D eigenvalue weighted by atomic mass is 9.90. The molecule has 0 saturated carbocycles. The van der Waals surface area contributed by atoms with Gasteiger partial charge in [-0.05, 0) is 62.6 Å². The molecule has 1 saturated heterocycles. The number of hydrogen-bond donors (Lipinski definition) is 2. The Bertz CT molecular complexity index is 1240. The third-order valence-electron chi connectivity index (χ3n) is 7.25. The number of amides is 2. The lowest BCUT2D eigenvalue weighted by Gasteiger charge is -2.32. The van der Waals surface area contributed by atoms with Crippen molar-refractivity contribution in [1.29, 1.82) is 5.26 Å². The zero-order chi connectivity index (χ0) is 28.9. The number of rotatable bonds is 12. The third kappa shape index (κ3) is 8.17. The second-order valence-electron chi connectivity index (χ2n) is 9.92. The Hall–Kier alpha value is -3.19. The van der Waals surface area contributed by atoms with E-state index in [1.807, 2.05) is 55.6 Å². The zero-order valence-electron chi connectivity index (χ0n) is 24.0. The van der Waals surface area contributed by atoms with Crippen LogP contribution in [-0.4, -0.2) is 74.6 Å². The standard InChI is InChI=1S/C31H41N5O3S/c1-5-17-36(31(38)28(35-30(37)22(2)33-3)24-12-9-19-39-20-15-24)18-16-34-29(27(21-32)40-4)26-14-8-11-23-10-6-7-13-25(23)26/h6-8,10-11,13-14,16,22,24,28,33H,5,9,12,15,17-20H2,1-4H3,(H,35,37)/b29-27-,34-16?/t22-,24?,28?/m0/s1. The summed E-state index contributed by atoms with van der Waals surface area (Å²) in [5.74, 6) is -0.319. The highest BCUT2D eigenvalue weighted by atomic mass is 32.2. The number of allylic oxidation sites excluding steroid dienone is 1. The van der Waals surface area contributed by atoms with Crippen LogP contribution in [-0.2, 0) is 14.3 Å². The molecule has 1 heterocycles. The van der Waals surface area contributed by atoms with E-state index in [2.05, 4.69) is 16.7 Å². The maximum atomic E-state index is 14.0. The summed E-state index contributed by atoms with van der Waals surface area (Å²) in [6.45, 7) is 5.85. The van der Waals surface area contributed by atoms with Gasteiger partial charge in [0.2, 0.25) is 11.8 Å². The van der Waals surface area contributed by atoms with Crippen LogP contribution in [0.1, 0.15) is 45.1 Å². The molecule has 0 bridgehead atoms. The van der Waals surface area contributed by atoms with Gasteiger partial charge in [0.25, 0.3) is 0 Å². The largest absolute Gasteiger partial charge is 0.381 e. The van der Waals surface area contributed by atoms with E-state index in [0.717, 1.165) is 35.6 Å². The highest BCUT2D eigenvalue weighted by Gasteiger charge is 2.34. The van der Waals surface area contributed by atoms with Gasteiger partial charge in [0, 0.05) is 31.5 Å². The Morgan fingerprint density at radius 1 is 1.23 bits per heavy atom. The number of carbonyl (C=O) groups is 2. The molecule has 9 heteroatoms.